The predicted octanol–water partition coefficient (Wildman–Crippen LogP) is 1.95. The van der Waals surface area contributed by atoms with Gasteiger partial charge in [0.25, 0.3) is 11.8 Å². The molecule has 6 nitrogen and oxygen atoms in total. The molecular weight excluding hydrogens is 282 g/mol. The number of H-pyrrole nitrogens is 1. The van der Waals surface area contributed by atoms with Gasteiger partial charge < -0.3 is 10.1 Å². The molecule has 3 rings (SSSR count). The largest absolute Gasteiger partial charge is 0.507 e. The zero-order valence-electron chi connectivity index (χ0n) is 11.5. The summed E-state index contributed by atoms with van der Waals surface area (Å²) in [5.41, 5.74) is 5.96. The van der Waals surface area contributed by atoms with Crippen molar-refractivity contribution in [2.45, 2.75) is 0 Å². The summed E-state index contributed by atoms with van der Waals surface area (Å²) >= 11 is 0. The van der Waals surface area contributed by atoms with Crippen LogP contribution in [-0.4, -0.2) is 21.9 Å². The number of phenolic OH excluding ortho intramolecular Hbond substituents is 1. The van der Waals surface area contributed by atoms with E-state index in [2.05, 4.69) is 15.8 Å². The van der Waals surface area contributed by atoms with Crippen molar-refractivity contribution in [3.63, 3.8) is 0 Å². The fourth-order valence-electron chi connectivity index (χ4n) is 2.17. The van der Waals surface area contributed by atoms with Gasteiger partial charge in [0.1, 0.15) is 5.75 Å². The number of phenols is 1. The number of hydrogen-bond acceptors (Lipinski definition) is 3. The van der Waals surface area contributed by atoms with E-state index in [9.17, 15) is 14.7 Å². The number of carbonyl (C=O) groups is 2. The second-order valence-corrected chi connectivity index (χ2v) is 4.67. The molecular formula is C16H13N3O3. The number of amides is 2. The van der Waals surface area contributed by atoms with Crippen molar-refractivity contribution in [3.05, 3.63) is 65.9 Å². The van der Waals surface area contributed by atoms with E-state index in [0.717, 1.165) is 10.9 Å². The van der Waals surface area contributed by atoms with Gasteiger partial charge in [-0.2, -0.15) is 0 Å². The molecule has 6 heteroatoms. The van der Waals surface area contributed by atoms with Gasteiger partial charge in [-0.15, -0.1) is 0 Å². The van der Waals surface area contributed by atoms with Crippen LogP contribution in [0.15, 0.2) is 54.7 Å². The van der Waals surface area contributed by atoms with E-state index in [1.807, 2.05) is 24.3 Å². The van der Waals surface area contributed by atoms with E-state index in [1.165, 1.54) is 12.1 Å². The van der Waals surface area contributed by atoms with Gasteiger partial charge in [0.15, 0.2) is 0 Å². The summed E-state index contributed by atoms with van der Waals surface area (Å²) in [4.78, 5) is 27.0. The molecule has 22 heavy (non-hydrogen) atoms. The number of aromatic amines is 1. The maximum atomic E-state index is 12.1. The van der Waals surface area contributed by atoms with Gasteiger partial charge >= 0.3 is 0 Å². The number of aromatic nitrogens is 1. The molecule has 2 aromatic carbocycles. The van der Waals surface area contributed by atoms with Crippen molar-refractivity contribution < 1.29 is 14.7 Å². The second-order valence-electron chi connectivity index (χ2n) is 4.67. The van der Waals surface area contributed by atoms with Gasteiger partial charge in [0.05, 0.1) is 11.1 Å². The highest BCUT2D eigenvalue weighted by Crippen LogP contribution is 2.17. The average Bonchev–Trinajstić information content (AvgIpc) is 2.97. The number of hydrazine groups is 1. The molecule has 0 aliphatic heterocycles. The molecule has 4 N–H and O–H groups in total. The number of fused-ring (bicyclic) bond motifs is 1. The van der Waals surface area contributed by atoms with Crippen LogP contribution in [0.1, 0.15) is 20.7 Å². The molecule has 1 aromatic heterocycles. The number of nitrogens with one attached hydrogen (secondary N) is 3. The summed E-state index contributed by atoms with van der Waals surface area (Å²) in [6, 6.07) is 13.4. The lowest BCUT2D eigenvalue weighted by atomic mass is 10.2. The maximum absolute atomic E-state index is 12.1. The van der Waals surface area contributed by atoms with Crippen molar-refractivity contribution in [1.82, 2.24) is 15.8 Å². The normalized spacial score (nSPS) is 10.4. The molecule has 1 heterocycles. The minimum absolute atomic E-state index is 0.0849. The van der Waals surface area contributed by atoms with Crippen LogP contribution in [0.2, 0.25) is 0 Å². The first-order valence-corrected chi connectivity index (χ1v) is 6.61. The van der Waals surface area contributed by atoms with Gasteiger partial charge in [-0.3, -0.25) is 20.4 Å². The first kappa shape index (κ1) is 13.7. The molecule has 0 spiro atoms. The van der Waals surface area contributed by atoms with Crippen molar-refractivity contribution in [1.29, 1.82) is 0 Å². The van der Waals surface area contributed by atoms with Crippen molar-refractivity contribution in [3.8, 4) is 5.75 Å². The second kappa shape index (κ2) is 5.61. The summed E-state index contributed by atoms with van der Waals surface area (Å²) in [5, 5.41) is 10.4. The predicted molar refractivity (Wildman–Crippen MR) is 81.3 cm³/mol. The number of rotatable bonds is 2. The van der Waals surface area contributed by atoms with Crippen molar-refractivity contribution in [2.24, 2.45) is 0 Å². The molecule has 3 aromatic rings. The lowest BCUT2D eigenvalue weighted by Gasteiger charge is -2.07. The molecule has 0 aliphatic rings. The molecule has 0 atom stereocenters. The average molecular weight is 295 g/mol. The van der Waals surface area contributed by atoms with E-state index >= 15 is 0 Å². The Morgan fingerprint density at radius 3 is 2.27 bits per heavy atom. The highest BCUT2D eigenvalue weighted by molar-refractivity contribution is 6.07. The molecule has 0 unspecified atom stereocenters. The topological polar surface area (TPSA) is 94.2 Å². The van der Waals surface area contributed by atoms with E-state index < -0.39 is 11.8 Å². The van der Waals surface area contributed by atoms with Gasteiger partial charge in [-0.25, -0.2) is 0 Å². The van der Waals surface area contributed by atoms with Crippen LogP contribution in [0.4, 0.5) is 0 Å². The van der Waals surface area contributed by atoms with E-state index in [4.69, 9.17) is 0 Å². The standard InChI is InChI=1S/C16H13N3O3/c20-14-8-4-2-6-11(14)15(21)18-19-16(22)12-9-17-13-7-3-1-5-10(12)13/h1-9,17,20H,(H,18,21)(H,19,22). The third-order valence-corrected chi connectivity index (χ3v) is 3.27. The van der Waals surface area contributed by atoms with Crippen molar-refractivity contribution in [2.75, 3.05) is 0 Å². The number of para-hydroxylation sites is 2. The fourth-order valence-corrected chi connectivity index (χ4v) is 2.17. The molecule has 0 bridgehead atoms. The van der Waals surface area contributed by atoms with Crippen LogP contribution in [0.25, 0.3) is 10.9 Å². The Bertz CT molecular complexity index is 854. The summed E-state index contributed by atoms with van der Waals surface area (Å²) in [5.74, 6) is -1.19. The quantitative estimate of drug-likeness (QED) is 0.544. The highest BCUT2D eigenvalue weighted by Gasteiger charge is 2.14. The maximum Gasteiger partial charge on any atom is 0.273 e. The van der Waals surface area contributed by atoms with Crippen LogP contribution < -0.4 is 10.9 Å². The van der Waals surface area contributed by atoms with Gasteiger partial charge in [-0.1, -0.05) is 30.3 Å². The Balaban J connectivity index is 1.73. The Labute approximate surface area is 125 Å². The Hall–Kier alpha value is -3.28. The van der Waals surface area contributed by atoms with Gasteiger partial charge in [0, 0.05) is 17.1 Å². The molecule has 0 radical (unpaired) electrons. The summed E-state index contributed by atoms with van der Waals surface area (Å²) in [7, 11) is 0. The van der Waals surface area contributed by atoms with Gasteiger partial charge in [-0.05, 0) is 18.2 Å². The van der Waals surface area contributed by atoms with Crippen LogP contribution in [0, 0.1) is 0 Å². The highest BCUT2D eigenvalue weighted by atomic mass is 16.3. The molecule has 0 fully saturated rings. The van der Waals surface area contributed by atoms with Crippen LogP contribution in [0.3, 0.4) is 0 Å². The lowest BCUT2D eigenvalue weighted by molar-refractivity contribution is 0.0846. The van der Waals surface area contributed by atoms with Crippen LogP contribution >= 0.6 is 0 Å². The number of benzene rings is 2. The number of hydrogen-bond donors (Lipinski definition) is 4. The fraction of sp³-hybridized carbons (Fsp3) is 0. The summed E-state index contributed by atoms with van der Waals surface area (Å²) in [6.07, 6.45) is 1.58. The van der Waals surface area contributed by atoms with E-state index in [0.29, 0.717) is 5.56 Å². The SMILES string of the molecule is O=C(NNC(=O)c1c[nH]c2ccccc12)c1ccccc1O. The molecule has 110 valence electrons. The van der Waals surface area contributed by atoms with Crippen molar-refractivity contribution >= 4 is 22.7 Å². The van der Waals surface area contributed by atoms with E-state index in [1.54, 1.807) is 18.3 Å². The van der Waals surface area contributed by atoms with Crippen LogP contribution in [-0.2, 0) is 0 Å². The third kappa shape index (κ3) is 2.49. The minimum Gasteiger partial charge on any atom is -0.507 e. The summed E-state index contributed by atoms with van der Waals surface area (Å²) < 4.78 is 0. The van der Waals surface area contributed by atoms with E-state index in [-0.39, 0.29) is 11.3 Å². The number of aromatic hydroxyl groups is 1. The summed E-state index contributed by atoms with van der Waals surface area (Å²) in [6.45, 7) is 0. The first-order valence-electron chi connectivity index (χ1n) is 6.61. The monoisotopic (exact) mass is 295 g/mol. The minimum atomic E-state index is -0.591. The lowest BCUT2D eigenvalue weighted by Crippen LogP contribution is -2.41. The molecule has 2 amide bonds. The number of carbonyl (C=O) groups excluding carboxylic acids is 2. The Morgan fingerprint density at radius 1 is 0.864 bits per heavy atom. The zero-order chi connectivity index (χ0) is 15.5. The smallest absolute Gasteiger partial charge is 0.273 e. The molecule has 0 aliphatic carbocycles. The third-order valence-electron chi connectivity index (χ3n) is 3.27. The zero-order valence-corrected chi connectivity index (χ0v) is 11.5. The first-order chi connectivity index (χ1) is 10.7. The molecule has 0 saturated heterocycles. The van der Waals surface area contributed by atoms with Gasteiger partial charge in [0.2, 0.25) is 0 Å². The Morgan fingerprint density at radius 2 is 1.50 bits per heavy atom. The molecule has 0 saturated carbocycles. The van der Waals surface area contributed by atoms with Crippen LogP contribution in [0.5, 0.6) is 5.75 Å². The Kier molecular flexibility index (Phi) is 3.49.